The first-order chi connectivity index (χ1) is 8.62. The highest BCUT2D eigenvalue weighted by molar-refractivity contribution is 7.14. The average Bonchev–Trinajstić information content (AvgIpc) is 2.78. The molecule has 0 unspecified atom stereocenters. The van der Waals surface area contributed by atoms with E-state index in [-0.39, 0.29) is 29.0 Å². The number of thiazole rings is 1. The molecule has 1 rings (SSSR count). The van der Waals surface area contributed by atoms with E-state index >= 15 is 0 Å². The highest BCUT2D eigenvalue weighted by Gasteiger charge is 2.19. The lowest BCUT2D eigenvalue weighted by Gasteiger charge is -2.00. The highest BCUT2D eigenvalue weighted by Crippen LogP contribution is 2.16. The molecule has 2 N–H and O–H groups in total. The molecule has 98 valence electrons. The van der Waals surface area contributed by atoms with E-state index in [1.54, 1.807) is 6.92 Å². The van der Waals surface area contributed by atoms with Crippen LogP contribution in [0.25, 0.3) is 0 Å². The van der Waals surface area contributed by atoms with Gasteiger partial charge in [0.15, 0.2) is 5.13 Å². The number of alkyl halides is 1. The largest absolute Gasteiger partial charge is 0.461 e. The third kappa shape index (κ3) is 3.67. The van der Waals surface area contributed by atoms with Crippen molar-refractivity contribution in [3.05, 3.63) is 11.1 Å². The summed E-state index contributed by atoms with van der Waals surface area (Å²) in [5, 5.41) is 15.7. The van der Waals surface area contributed by atoms with E-state index in [4.69, 9.17) is 16.8 Å². The second kappa shape index (κ2) is 6.92. The van der Waals surface area contributed by atoms with Crippen LogP contribution in [-0.4, -0.2) is 40.3 Å². The van der Waals surface area contributed by atoms with Crippen LogP contribution in [0, 0.1) is 0 Å². The van der Waals surface area contributed by atoms with Gasteiger partial charge in [-0.1, -0.05) is 5.16 Å². The van der Waals surface area contributed by atoms with E-state index in [0.717, 1.165) is 11.3 Å². The summed E-state index contributed by atoms with van der Waals surface area (Å²) in [5.74, 6) is -1.41. The van der Waals surface area contributed by atoms with Crippen molar-refractivity contribution in [1.82, 2.24) is 4.98 Å². The van der Waals surface area contributed by atoms with Gasteiger partial charge in [0, 0.05) is 5.38 Å². The SMILES string of the molecule is CCOC(=O)/C(=N\O)c1csc(NC(=O)CCl)n1. The van der Waals surface area contributed by atoms with Crippen LogP contribution in [-0.2, 0) is 14.3 Å². The van der Waals surface area contributed by atoms with Crippen LogP contribution in [0.15, 0.2) is 10.5 Å². The summed E-state index contributed by atoms with van der Waals surface area (Å²) in [5.41, 5.74) is -0.203. The summed E-state index contributed by atoms with van der Waals surface area (Å²) in [6.45, 7) is 1.78. The number of carbonyl (C=O) groups is 2. The van der Waals surface area contributed by atoms with Crippen molar-refractivity contribution >= 4 is 45.7 Å². The number of anilines is 1. The number of hydrogen-bond donors (Lipinski definition) is 2. The first-order valence-corrected chi connectivity index (χ1v) is 6.24. The van der Waals surface area contributed by atoms with Crippen LogP contribution in [0.3, 0.4) is 0 Å². The zero-order chi connectivity index (χ0) is 13.5. The van der Waals surface area contributed by atoms with Gasteiger partial charge in [0.1, 0.15) is 11.6 Å². The first-order valence-electron chi connectivity index (χ1n) is 4.83. The maximum atomic E-state index is 11.4. The minimum absolute atomic E-state index is 0.117. The van der Waals surface area contributed by atoms with Gasteiger partial charge in [-0.25, -0.2) is 9.78 Å². The van der Waals surface area contributed by atoms with E-state index in [0.29, 0.717) is 0 Å². The Bertz CT molecular complexity index is 474. The lowest BCUT2D eigenvalue weighted by Crippen LogP contribution is -2.19. The molecule has 0 fully saturated rings. The van der Waals surface area contributed by atoms with E-state index in [1.807, 2.05) is 0 Å². The molecule has 9 heteroatoms. The van der Waals surface area contributed by atoms with Gasteiger partial charge < -0.3 is 15.3 Å². The Balaban J connectivity index is 2.83. The topological polar surface area (TPSA) is 101 Å². The van der Waals surface area contributed by atoms with Crippen LogP contribution < -0.4 is 5.32 Å². The molecule has 0 aromatic carbocycles. The molecule has 1 amide bonds. The van der Waals surface area contributed by atoms with Crippen molar-refractivity contribution in [1.29, 1.82) is 0 Å². The minimum Gasteiger partial charge on any atom is -0.461 e. The van der Waals surface area contributed by atoms with Gasteiger partial charge in [-0.15, -0.1) is 22.9 Å². The summed E-state index contributed by atoms with van der Waals surface area (Å²) in [6, 6.07) is 0. The Morgan fingerprint density at radius 2 is 2.39 bits per heavy atom. The average molecular weight is 292 g/mol. The fourth-order valence-electron chi connectivity index (χ4n) is 0.989. The molecule has 0 spiro atoms. The monoisotopic (exact) mass is 291 g/mol. The number of esters is 1. The molecule has 0 saturated heterocycles. The fourth-order valence-corrected chi connectivity index (χ4v) is 1.77. The number of aromatic nitrogens is 1. The molecule has 1 heterocycles. The van der Waals surface area contributed by atoms with Crippen molar-refractivity contribution in [2.24, 2.45) is 5.16 Å². The highest BCUT2D eigenvalue weighted by atomic mass is 35.5. The van der Waals surface area contributed by atoms with E-state index in [1.165, 1.54) is 5.38 Å². The summed E-state index contributed by atoms with van der Waals surface area (Å²) < 4.78 is 4.69. The van der Waals surface area contributed by atoms with Gasteiger partial charge in [0.25, 0.3) is 0 Å². The summed E-state index contributed by atoms with van der Waals surface area (Å²) in [7, 11) is 0. The molecule has 1 aromatic rings. The number of rotatable bonds is 5. The Morgan fingerprint density at radius 3 is 2.94 bits per heavy atom. The fraction of sp³-hybridized carbons (Fsp3) is 0.333. The van der Waals surface area contributed by atoms with Crippen LogP contribution in [0.4, 0.5) is 5.13 Å². The van der Waals surface area contributed by atoms with Crippen molar-refractivity contribution in [2.45, 2.75) is 6.92 Å². The number of carbonyl (C=O) groups excluding carboxylic acids is 2. The van der Waals surface area contributed by atoms with Gasteiger partial charge in [-0.05, 0) is 6.92 Å². The maximum Gasteiger partial charge on any atom is 0.362 e. The molecule has 0 atom stereocenters. The predicted octanol–water partition coefficient (Wildman–Crippen LogP) is 1.06. The number of hydrogen-bond acceptors (Lipinski definition) is 7. The second-order valence-electron chi connectivity index (χ2n) is 2.89. The Labute approximate surface area is 111 Å². The summed E-state index contributed by atoms with van der Waals surface area (Å²) in [4.78, 5) is 26.3. The molecule has 0 saturated carbocycles. The van der Waals surface area contributed by atoms with Crippen molar-refractivity contribution in [2.75, 3.05) is 17.8 Å². The number of ether oxygens (including phenoxy) is 1. The van der Waals surface area contributed by atoms with Crippen molar-refractivity contribution in [3.8, 4) is 0 Å². The molecular formula is C9H10ClN3O4S. The summed E-state index contributed by atoms with van der Waals surface area (Å²) >= 11 is 6.39. The van der Waals surface area contributed by atoms with Gasteiger partial charge in [-0.3, -0.25) is 4.79 Å². The van der Waals surface area contributed by atoms with E-state index < -0.39 is 11.9 Å². The third-order valence-electron chi connectivity index (χ3n) is 1.68. The molecule has 0 aliphatic carbocycles. The van der Waals surface area contributed by atoms with Gasteiger partial charge in [0.05, 0.1) is 6.61 Å². The Morgan fingerprint density at radius 1 is 1.67 bits per heavy atom. The van der Waals surface area contributed by atoms with Gasteiger partial charge in [-0.2, -0.15) is 0 Å². The molecular weight excluding hydrogens is 282 g/mol. The van der Waals surface area contributed by atoms with Crippen LogP contribution in [0.5, 0.6) is 0 Å². The Kier molecular flexibility index (Phi) is 5.53. The quantitative estimate of drug-likeness (QED) is 0.278. The first kappa shape index (κ1) is 14.4. The number of nitrogens with zero attached hydrogens (tertiary/aromatic N) is 2. The van der Waals surface area contributed by atoms with Gasteiger partial charge >= 0.3 is 5.97 Å². The zero-order valence-electron chi connectivity index (χ0n) is 9.34. The van der Waals surface area contributed by atoms with E-state index in [9.17, 15) is 9.59 Å². The number of nitrogens with one attached hydrogen (secondary N) is 1. The number of amides is 1. The maximum absolute atomic E-state index is 11.4. The smallest absolute Gasteiger partial charge is 0.362 e. The van der Waals surface area contributed by atoms with Crippen LogP contribution >= 0.6 is 22.9 Å². The Hall–Kier alpha value is -1.67. The number of halogens is 1. The minimum atomic E-state index is -0.791. The lowest BCUT2D eigenvalue weighted by molar-refractivity contribution is -0.135. The zero-order valence-corrected chi connectivity index (χ0v) is 10.9. The molecule has 0 aliphatic heterocycles. The van der Waals surface area contributed by atoms with Gasteiger partial charge in [0.2, 0.25) is 11.6 Å². The molecule has 18 heavy (non-hydrogen) atoms. The predicted molar refractivity (Wildman–Crippen MR) is 66.4 cm³/mol. The van der Waals surface area contributed by atoms with Crippen LogP contribution in [0.1, 0.15) is 12.6 Å². The number of oxime groups is 1. The molecule has 0 radical (unpaired) electrons. The van der Waals surface area contributed by atoms with Crippen LogP contribution in [0.2, 0.25) is 0 Å². The van der Waals surface area contributed by atoms with Crippen molar-refractivity contribution in [3.63, 3.8) is 0 Å². The molecule has 0 bridgehead atoms. The molecule has 7 nitrogen and oxygen atoms in total. The molecule has 1 aromatic heterocycles. The third-order valence-corrected chi connectivity index (χ3v) is 2.68. The second-order valence-corrected chi connectivity index (χ2v) is 4.01. The molecule has 0 aliphatic rings. The lowest BCUT2D eigenvalue weighted by atomic mass is 10.3. The summed E-state index contributed by atoms with van der Waals surface area (Å²) in [6.07, 6.45) is 0. The standard InChI is InChI=1S/C9H10ClN3O4S/c1-2-17-8(15)7(13-16)5-4-18-9(11-5)12-6(14)3-10/h4,16H,2-3H2,1H3,(H,11,12,14)/b13-7-. The van der Waals surface area contributed by atoms with E-state index in [2.05, 4.69) is 20.2 Å². The normalized spacial score (nSPS) is 11.1. The van der Waals surface area contributed by atoms with Crippen molar-refractivity contribution < 1.29 is 19.5 Å².